The Morgan fingerprint density at radius 2 is 1.95 bits per heavy atom. The van der Waals surface area contributed by atoms with Gasteiger partial charge in [-0.3, -0.25) is 0 Å². The number of hydrogen-bond acceptors (Lipinski definition) is 5. The first-order chi connectivity index (χ1) is 10.2. The molecule has 2 aromatic rings. The molecule has 1 heterocycles. The average molecular weight is 340 g/mol. The highest BCUT2D eigenvalue weighted by Crippen LogP contribution is 2.36. The SMILES string of the molecule is CSc1nc2ccc(OCCO[Si](C)(C)C(C)(C)C)cc2o1. The molecule has 0 saturated carbocycles. The van der Waals surface area contributed by atoms with Crippen LogP contribution in [0.5, 0.6) is 5.75 Å². The van der Waals surface area contributed by atoms with E-state index in [9.17, 15) is 0 Å². The van der Waals surface area contributed by atoms with Crippen LogP contribution in [0.1, 0.15) is 20.8 Å². The monoisotopic (exact) mass is 339 g/mol. The van der Waals surface area contributed by atoms with E-state index in [-0.39, 0.29) is 5.04 Å². The van der Waals surface area contributed by atoms with Crippen LogP contribution < -0.4 is 4.74 Å². The number of aromatic nitrogens is 1. The van der Waals surface area contributed by atoms with Crippen LogP contribution in [0.4, 0.5) is 0 Å². The van der Waals surface area contributed by atoms with Crippen molar-refractivity contribution in [3.8, 4) is 5.75 Å². The first-order valence-corrected chi connectivity index (χ1v) is 11.6. The molecule has 0 saturated heterocycles. The highest BCUT2D eigenvalue weighted by atomic mass is 32.2. The molecule has 4 nitrogen and oxygen atoms in total. The fraction of sp³-hybridized carbons (Fsp3) is 0.562. The van der Waals surface area contributed by atoms with Crippen LogP contribution in [0.25, 0.3) is 11.1 Å². The molecular formula is C16H25NO3SSi. The maximum atomic E-state index is 6.10. The molecule has 0 aliphatic carbocycles. The van der Waals surface area contributed by atoms with Gasteiger partial charge in [0.05, 0.1) is 6.61 Å². The van der Waals surface area contributed by atoms with Crippen molar-refractivity contribution in [1.82, 2.24) is 4.98 Å². The summed E-state index contributed by atoms with van der Waals surface area (Å²) in [5, 5.41) is 0.897. The molecule has 6 heteroatoms. The van der Waals surface area contributed by atoms with E-state index >= 15 is 0 Å². The van der Waals surface area contributed by atoms with Gasteiger partial charge in [0, 0.05) is 6.07 Å². The minimum Gasteiger partial charge on any atom is -0.491 e. The Hall–Kier alpha value is -0.983. The lowest BCUT2D eigenvalue weighted by Crippen LogP contribution is -2.41. The molecular weight excluding hydrogens is 314 g/mol. The van der Waals surface area contributed by atoms with Crippen molar-refractivity contribution in [1.29, 1.82) is 0 Å². The van der Waals surface area contributed by atoms with Crippen LogP contribution in [0.2, 0.25) is 18.1 Å². The van der Waals surface area contributed by atoms with E-state index in [1.54, 1.807) is 0 Å². The Labute approximate surface area is 137 Å². The van der Waals surface area contributed by atoms with Gasteiger partial charge in [0.25, 0.3) is 5.22 Å². The van der Waals surface area contributed by atoms with Crippen molar-refractivity contribution >= 4 is 31.2 Å². The van der Waals surface area contributed by atoms with Crippen molar-refractivity contribution in [3.05, 3.63) is 18.2 Å². The Kier molecular flexibility index (Phi) is 5.24. The zero-order valence-electron chi connectivity index (χ0n) is 14.2. The quantitative estimate of drug-likeness (QED) is 0.423. The molecule has 0 aliphatic rings. The normalized spacial score (nSPS) is 12.8. The summed E-state index contributed by atoms with van der Waals surface area (Å²) in [4.78, 5) is 4.35. The van der Waals surface area contributed by atoms with Gasteiger partial charge in [-0.1, -0.05) is 32.5 Å². The predicted molar refractivity (Wildman–Crippen MR) is 94.4 cm³/mol. The summed E-state index contributed by atoms with van der Waals surface area (Å²) >= 11 is 1.49. The molecule has 0 radical (unpaired) electrons. The third-order valence-corrected chi connectivity index (χ3v) is 9.20. The van der Waals surface area contributed by atoms with Crippen LogP contribution in [-0.4, -0.2) is 32.8 Å². The van der Waals surface area contributed by atoms with Crippen LogP contribution >= 0.6 is 11.8 Å². The van der Waals surface area contributed by atoms with Crippen LogP contribution in [0.3, 0.4) is 0 Å². The third kappa shape index (κ3) is 4.06. The maximum absolute atomic E-state index is 6.10. The molecule has 22 heavy (non-hydrogen) atoms. The number of thioether (sulfide) groups is 1. The topological polar surface area (TPSA) is 44.5 Å². The molecule has 0 atom stereocenters. The number of hydrogen-bond donors (Lipinski definition) is 0. The van der Waals surface area contributed by atoms with Gasteiger partial charge in [0.15, 0.2) is 13.9 Å². The number of benzene rings is 1. The van der Waals surface area contributed by atoms with E-state index in [1.807, 2.05) is 24.5 Å². The highest BCUT2D eigenvalue weighted by Gasteiger charge is 2.36. The second kappa shape index (κ2) is 6.64. The summed E-state index contributed by atoms with van der Waals surface area (Å²) in [5.41, 5.74) is 1.61. The van der Waals surface area contributed by atoms with E-state index in [2.05, 4.69) is 38.8 Å². The summed E-state index contributed by atoms with van der Waals surface area (Å²) in [7, 11) is -1.70. The van der Waals surface area contributed by atoms with Gasteiger partial charge in [-0.25, -0.2) is 4.98 Å². The van der Waals surface area contributed by atoms with Gasteiger partial charge in [-0.05, 0) is 36.5 Å². The van der Waals surface area contributed by atoms with E-state index < -0.39 is 8.32 Å². The van der Waals surface area contributed by atoms with Gasteiger partial charge in [0.1, 0.15) is 17.9 Å². The van der Waals surface area contributed by atoms with Crippen molar-refractivity contribution in [3.63, 3.8) is 0 Å². The lowest BCUT2D eigenvalue weighted by atomic mass is 10.2. The zero-order valence-corrected chi connectivity index (χ0v) is 16.0. The average Bonchev–Trinajstić information content (AvgIpc) is 2.84. The fourth-order valence-electron chi connectivity index (χ4n) is 1.73. The van der Waals surface area contributed by atoms with Crippen LogP contribution in [0, 0.1) is 0 Å². The van der Waals surface area contributed by atoms with Crippen molar-refractivity contribution in [2.45, 2.75) is 44.1 Å². The Bertz CT molecular complexity index is 634. The second-order valence-electron chi connectivity index (χ2n) is 6.77. The first kappa shape index (κ1) is 17.4. The van der Waals surface area contributed by atoms with E-state index in [1.165, 1.54) is 11.8 Å². The van der Waals surface area contributed by atoms with Gasteiger partial charge >= 0.3 is 0 Å². The highest BCUT2D eigenvalue weighted by molar-refractivity contribution is 7.98. The molecule has 2 rings (SSSR count). The smallest absolute Gasteiger partial charge is 0.256 e. The Morgan fingerprint density at radius 1 is 1.23 bits per heavy atom. The Balaban J connectivity index is 1.89. The summed E-state index contributed by atoms with van der Waals surface area (Å²) in [6.45, 7) is 12.4. The molecule has 0 bridgehead atoms. The summed E-state index contributed by atoms with van der Waals surface area (Å²) < 4.78 is 17.5. The lowest BCUT2D eigenvalue weighted by molar-refractivity contribution is 0.203. The molecule has 1 aromatic heterocycles. The molecule has 1 aromatic carbocycles. The first-order valence-electron chi connectivity index (χ1n) is 7.44. The molecule has 0 fully saturated rings. The van der Waals surface area contributed by atoms with Gasteiger partial charge in [0.2, 0.25) is 0 Å². The third-order valence-electron chi connectivity index (χ3n) is 4.14. The molecule has 0 unspecified atom stereocenters. The summed E-state index contributed by atoms with van der Waals surface area (Å²) in [5.74, 6) is 0.787. The second-order valence-corrected chi connectivity index (χ2v) is 12.3. The van der Waals surface area contributed by atoms with Crippen molar-refractivity contribution in [2.75, 3.05) is 19.5 Å². The number of rotatable bonds is 6. The summed E-state index contributed by atoms with van der Waals surface area (Å²) in [6.07, 6.45) is 1.94. The fourth-order valence-corrected chi connectivity index (χ4v) is 3.12. The minimum absolute atomic E-state index is 0.222. The number of fused-ring (bicyclic) bond motifs is 1. The molecule has 0 amide bonds. The van der Waals surface area contributed by atoms with Crippen molar-refractivity contribution < 1.29 is 13.6 Å². The Morgan fingerprint density at radius 3 is 2.59 bits per heavy atom. The van der Waals surface area contributed by atoms with Gasteiger partial charge in [-0.2, -0.15) is 0 Å². The largest absolute Gasteiger partial charge is 0.491 e. The predicted octanol–water partition coefficient (Wildman–Crippen LogP) is 4.95. The molecule has 122 valence electrons. The minimum atomic E-state index is -1.70. The summed E-state index contributed by atoms with van der Waals surface area (Å²) in [6, 6.07) is 5.72. The zero-order chi connectivity index (χ0) is 16.4. The molecule has 0 N–H and O–H groups in total. The molecule has 0 spiro atoms. The number of nitrogens with zero attached hydrogens (tertiary/aromatic N) is 1. The number of oxazole rings is 1. The maximum Gasteiger partial charge on any atom is 0.256 e. The standard InChI is InChI=1S/C16H25NO3SSi/c1-16(2,3)22(5,6)19-10-9-18-12-7-8-13-14(11-12)20-15(17-13)21-4/h7-8,11H,9-10H2,1-6H3. The molecule has 0 aliphatic heterocycles. The van der Waals surface area contributed by atoms with E-state index in [0.717, 1.165) is 16.8 Å². The van der Waals surface area contributed by atoms with Crippen molar-refractivity contribution in [2.24, 2.45) is 0 Å². The van der Waals surface area contributed by atoms with Crippen LogP contribution in [-0.2, 0) is 4.43 Å². The van der Waals surface area contributed by atoms with E-state index in [4.69, 9.17) is 13.6 Å². The van der Waals surface area contributed by atoms with Crippen LogP contribution in [0.15, 0.2) is 27.8 Å². The number of ether oxygens (including phenoxy) is 1. The lowest BCUT2D eigenvalue weighted by Gasteiger charge is -2.36. The van der Waals surface area contributed by atoms with E-state index in [0.29, 0.717) is 18.4 Å². The van der Waals surface area contributed by atoms with Gasteiger partial charge < -0.3 is 13.6 Å². The van der Waals surface area contributed by atoms with Gasteiger partial charge in [-0.15, -0.1) is 0 Å².